The van der Waals surface area contributed by atoms with E-state index in [-0.39, 0.29) is 16.8 Å². The van der Waals surface area contributed by atoms with E-state index in [0.29, 0.717) is 12.2 Å². The molecule has 7 heteroatoms. The first-order valence-electron chi connectivity index (χ1n) is 7.75. The third kappa shape index (κ3) is 3.68. The maximum absolute atomic E-state index is 12.3. The highest BCUT2D eigenvalue weighted by molar-refractivity contribution is 7.90. The lowest BCUT2D eigenvalue weighted by atomic mass is 10.0. The summed E-state index contributed by atoms with van der Waals surface area (Å²) in [5, 5.41) is 4.90. The van der Waals surface area contributed by atoms with Crippen LogP contribution in [0.15, 0.2) is 40.6 Å². The van der Waals surface area contributed by atoms with Gasteiger partial charge in [-0.2, -0.15) is 0 Å². The zero-order chi connectivity index (χ0) is 17.3. The molecule has 0 saturated carbocycles. The molecule has 1 aliphatic rings. The highest BCUT2D eigenvalue weighted by Crippen LogP contribution is 2.32. The second-order valence-corrected chi connectivity index (χ2v) is 9.06. The predicted octanol–water partition coefficient (Wildman–Crippen LogP) is 2.71. The molecule has 3 rings (SSSR count). The summed E-state index contributed by atoms with van der Waals surface area (Å²) in [5.41, 5.74) is 1.81. The first kappa shape index (κ1) is 17.1. The average Bonchev–Trinajstić information content (AvgIpc) is 2.99. The van der Waals surface area contributed by atoms with Crippen LogP contribution >= 0.6 is 11.3 Å². The second kappa shape index (κ2) is 6.66. The third-order valence-electron chi connectivity index (χ3n) is 4.30. The molecule has 0 radical (unpaired) electrons. The van der Waals surface area contributed by atoms with Gasteiger partial charge in [0.15, 0.2) is 9.84 Å². The molecule has 1 aromatic heterocycles. The van der Waals surface area contributed by atoms with Gasteiger partial charge in [-0.15, -0.1) is 11.3 Å². The standard InChI is InChI=1S/C17H20N2O3S2/c1-12-15-7-9-23-16(15)6-8-19(12)11-17(20)18-13-4-3-5-14(10-13)24(2,21)22/h3-5,7,9-10,12H,6,8,11H2,1-2H3,(H,18,20)/t12-/m1/s1. The number of benzene rings is 1. The highest BCUT2D eigenvalue weighted by atomic mass is 32.2. The zero-order valence-corrected chi connectivity index (χ0v) is 15.3. The lowest BCUT2D eigenvalue weighted by Gasteiger charge is -2.32. The number of nitrogens with one attached hydrogen (secondary N) is 1. The fourth-order valence-electron chi connectivity index (χ4n) is 2.97. The van der Waals surface area contributed by atoms with E-state index in [1.165, 1.54) is 22.6 Å². The van der Waals surface area contributed by atoms with Crippen molar-refractivity contribution in [3.63, 3.8) is 0 Å². The molecule has 0 fully saturated rings. The van der Waals surface area contributed by atoms with Crippen molar-refractivity contribution in [3.05, 3.63) is 46.2 Å². The van der Waals surface area contributed by atoms with E-state index >= 15 is 0 Å². The minimum Gasteiger partial charge on any atom is -0.325 e. The molecule has 1 aromatic carbocycles. The van der Waals surface area contributed by atoms with Crippen molar-refractivity contribution in [2.24, 2.45) is 0 Å². The molecule has 0 saturated heterocycles. The number of rotatable bonds is 4. The van der Waals surface area contributed by atoms with Crippen LogP contribution < -0.4 is 5.32 Å². The van der Waals surface area contributed by atoms with Gasteiger partial charge in [-0.05, 0) is 48.6 Å². The molecule has 2 heterocycles. The van der Waals surface area contributed by atoms with Gasteiger partial charge in [0.1, 0.15) is 0 Å². The minimum atomic E-state index is -3.28. The average molecular weight is 364 g/mol. The molecule has 2 aromatic rings. The summed E-state index contributed by atoms with van der Waals surface area (Å²) in [6.07, 6.45) is 2.12. The maximum Gasteiger partial charge on any atom is 0.238 e. The van der Waals surface area contributed by atoms with Crippen molar-refractivity contribution in [3.8, 4) is 0 Å². The molecule has 24 heavy (non-hydrogen) atoms. The highest BCUT2D eigenvalue weighted by Gasteiger charge is 2.26. The number of anilines is 1. The largest absolute Gasteiger partial charge is 0.325 e. The molecule has 0 spiro atoms. The molecular weight excluding hydrogens is 344 g/mol. The van der Waals surface area contributed by atoms with Crippen LogP contribution in [0.1, 0.15) is 23.4 Å². The topological polar surface area (TPSA) is 66.5 Å². The Labute approximate surface area is 146 Å². The lowest BCUT2D eigenvalue weighted by Crippen LogP contribution is -2.39. The fourth-order valence-corrected chi connectivity index (χ4v) is 4.60. The predicted molar refractivity (Wildman–Crippen MR) is 96.2 cm³/mol. The first-order valence-corrected chi connectivity index (χ1v) is 10.5. The number of hydrogen-bond acceptors (Lipinski definition) is 5. The lowest BCUT2D eigenvalue weighted by molar-refractivity contribution is -0.117. The number of nitrogens with zero attached hydrogens (tertiary/aromatic N) is 1. The zero-order valence-electron chi connectivity index (χ0n) is 13.7. The van der Waals surface area contributed by atoms with Crippen LogP contribution in [-0.4, -0.2) is 38.6 Å². The molecule has 1 atom stereocenters. The first-order chi connectivity index (χ1) is 11.3. The summed E-state index contributed by atoms with van der Waals surface area (Å²) in [5.74, 6) is -0.133. The van der Waals surface area contributed by atoms with Crippen LogP contribution in [0.5, 0.6) is 0 Å². The Kier molecular flexibility index (Phi) is 4.76. The van der Waals surface area contributed by atoms with Crippen molar-refractivity contribution in [2.75, 3.05) is 24.7 Å². The van der Waals surface area contributed by atoms with Crippen molar-refractivity contribution in [1.29, 1.82) is 0 Å². The number of carbonyl (C=O) groups is 1. The molecule has 0 unspecified atom stereocenters. The fraction of sp³-hybridized carbons (Fsp3) is 0.353. The summed E-state index contributed by atoms with van der Waals surface area (Å²) >= 11 is 1.77. The molecule has 0 aliphatic carbocycles. The van der Waals surface area contributed by atoms with Crippen molar-refractivity contribution >= 4 is 32.8 Å². The normalized spacial score (nSPS) is 18.2. The second-order valence-electron chi connectivity index (χ2n) is 6.04. The third-order valence-corrected chi connectivity index (χ3v) is 6.40. The Balaban J connectivity index is 1.67. The Bertz CT molecular complexity index is 858. The van der Waals surface area contributed by atoms with E-state index in [1.807, 2.05) is 0 Å². The van der Waals surface area contributed by atoms with Gasteiger partial charge >= 0.3 is 0 Å². The Morgan fingerprint density at radius 2 is 2.17 bits per heavy atom. The Hall–Kier alpha value is -1.70. The van der Waals surface area contributed by atoms with Crippen LogP contribution in [0.4, 0.5) is 5.69 Å². The van der Waals surface area contributed by atoms with Gasteiger partial charge in [0.2, 0.25) is 5.91 Å². The summed E-state index contributed by atoms with van der Waals surface area (Å²) in [6.45, 7) is 3.26. The number of thiophene rings is 1. The van der Waals surface area contributed by atoms with Crippen LogP contribution in [0.2, 0.25) is 0 Å². The Morgan fingerprint density at radius 3 is 2.92 bits per heavy atom. The maximum atomic E-state index is 12.3. The van der Waals surface area contributed by atoms with Gasteiger partial charge in [-0.3, -0.25) is 9.69 Å². The molecule has 1 N–H and O–H groups in total. The van der Waals surface area contributed by atoms with E-state index < -0.39 is 9.84 Å². The smallest absolute Gasteiger partial charge is 0.238 e. The van der Waals surface area contributed by atoms with E-state index in [1.54, 1.807) is 23.5 Å². The van der Waals surface area contributed by atoms with Gasteiger partial charge in [-0.25, -0.2) is 8.42 Å². The number of amides is 1. The van der Waals surface area contributed by atoms with Gasteiger partial charge in [0, 0.05) is 29.4 Å². The summed E-state index contributed by atoms with van der Waals surface area (Å²) in [4.78, 5) is 16.1. The van der Waals surface area contributed by atoms with E-state index in [2.05, 4.69) is 28.6 Å². The van der Waals surface area contributed by atoms with Crippen LogP contribution in [-0.2, 0) is 21.1 Å². The van der Waals surface area contributed by atoms with Crippen molar-refractivity contribution < 1.29 is 13.2 Å². The summed E-state index contributed by atoms with van der Waals surface area (Å²) in [7, 11) is -3.28. The SMILES string of the molecule is C[C@@H]1c2ccsc2CCN1CC(=O)Nc1cccc(S(C)(=O)=O)c1. The van der Waals surface area contributed by atoms with Crippen LogP contribution in [0, 0.1) is 0 Å². The molecule has 0 bridgehead atoms. The van der Waals surface area contributed by atoms with E-state index in [0.717, 1.165) is 19.2 Å². The number of sulfone groups is 1. The van der Waals surface area contributed by atoms with Crippen LogP contribution in [0.3, 0.4) is 0 Å². The summed E-state index contributed by atoms with van der Waals surface area (Å²) in [6, 6.07) is 8.69. The number of carbonyl (C=O) groups excluding carboxylic acids is 1. The van der Waals surface area contributed by atoms with E-state index in [9.17, 15) is 13.2 Å². The van der Waals surface area contributed by atoms with E-state index in [4.69, 9.17) is 0 Å². The quantitative estimate of drug-likeness (QED) is 0.906. The monoisotopic (exact) mass is 364 g/mol. The molecule has 1 aliphatic heterocycles. The molecule has 128 valence electrons. The minimum absolute atomic E-state index is 0.133. The Morgan fingerprint density at radius 1 is 1.38 bits per heavy atom. The van der Waals surface area contributed by atoms with Crippen molar-refractivity contribution in [1.82, 2.24) is 4.90 Å². The number of hydrogen-bond donors (Lipinski definition) is 1. The van der Waals surface area contributed by atoms with Gasteiger partial charge in [0.05, 0.1) is 11.4 Å². The van der Waals surface area contributed by atoms with Gasteiger partial charge in [0.25, 0.3) is 0 Å². The van der Waals surface area contributed by atoms with Crippen LogP contribution in [0.25, 0.3) is 0 Å². The van der Waals surface area contributed by atoms with Gasteiger partial charge in [-0.1, -0.05) is 6.07 Å². The summed E-state index contributed by atoms with van der Waals surface area (Å²) < 4.78 is 23.2. The molecule has 5 nitrogen and oxygen atoms in total. The number of fused-ring (bicyclic) bond motifs is 1. The molecule has 1 amide bonds. The van der Waals surface area contributed by atoms with Crippen molar-refractivity contribution in [2.45, 2.75) is 24.3 Å². The molecular formula is C17H20N2O3S2. The van der Waals surface area contributed by atoms with Gasteiger partial charge < -0.3 is 5.32 Å².